The molecule has 23 heavy (non-hydrogen) atoms. The van der Waals surface area contributed by atoms with Gasteiger partial charge < -0.3 is 5.32 Å². The molecule has 1 aliphatic rings. The van der Waals surface area contributed by atoms with Gasteiger partial charge in [-0.15, -0.1) is 0 Å². The summed E-state index contributed by atoms with van der Waals surface area (Å²) in [4.78, 5) is 21.8. The molecule has 0 fully saturated rings. The molecule has 2 aromatic carbocycles. The molecule has 0 unspecified atom stereocenters. The predicted octanol–water partition coefficient (Wildman–Crippen LogP) is 5.08. The first-order chi connectivity index (χ1) is 10.8. The van der Waals surface area contributed by atoms with Crippen molar-refractivity contribution < 1.29 is 9.72 Å². The number of nitrogens with one attached hydrogen (secondary N) is 1. The summed E-state index contributed by atoms with van der Waals surface area (Å²) < 4.78 is 0. The summed E-state index contributed by atoms with van der Waals surface area (Å²) in [5, 5.41) is 14.2. The number of anilines is 1. The van der Waals surface area contributed by atoms with Crippen molar-refractivity contribution in [3.8, 4) is 11.1 Å². The Balaban J connectivity index is 2.22. The van der Waals surface area contributed by atoms with Gasteiger partial charge in [0, 0.05) is 31.0 Å². The van der Waals surface area contributed by atoms with Gasteiger partial charge >= 0.3 is 0 Å². The van der Waals surface area contributed by atoms with Crippen LogP contribution in [0.2, 0.25) is 15.1 Å². The molecule has 0 heterocycles. The maximum Gasteiger partial charge on any atom is 0.269 e. The Labute approximate surface area is 146 Å². The minimum atomic E-state index is -0.456. The van der Waals surface area contributed by atoms with Crippen LogP contribution in [-0.2, 0) is 11.2 Å². The summed E-state index contributed by atoms with van der Waals surface area (Å²) in [5.74, 6) is -0.323. The van der Waals surface area contributed by atoms with Crippen LogP contribution in [0, 0.1) is 10.1 Å². The molecule has 2 aromatic rings. The third-order valence-corrected chi connectivity index (χ3v) is 4.92. The number of hydrogen-bond donors (Lipinski definition) is 1. The maximum absolute atomic E-state index is 11.3. The highest BCUT2D eigenvalue weighted by Crippen LogP contribution is 2.51. The fourth-order valence-electron chi connectivity index (χ4n) is 2.72. The van der Waals surface area contributed by atoms with E-state index in [1.54, 1.807) is 6.07 Å². The standard InChI is InChI=1S/C15H9Cl3N2O3/c1-6(21)19-15-12(16)10-5-7-4-8(20(22)23)2-3-9(7)11(10)13(17)14(15)18/h2-4H,5H2,1H3,(H,19,21). The molecule has 3 rings (SSSR count). The summed E-state index contributed by atoms with van der Waals surface area (Å²) in [6.45, 7) is 1.34. The number of halogens is 3. The number of amides is 1. The highest BCUT2D eigenvalue weighted by Gasteiger charge is 2.29. The third-order valence-electron chi connectivity index (χ3n) is 3.66. The van der Waals surface area contributed by atoms with E-state index in [0.29, 0.717) is 22.6 Å². The van der Waals surface area contributed by atoms with E-state index in [1.807, 2.05) is 0 Å². The van der Waals surface area contributed by atoms with Gasteiger partial charge in [-0.3, -0.25) is 14.9 Å². The summed E-state index contributed by atoms with van der Waals surface area (Å²) in [5.41, 5.74) is 3.10. The number of carbonyl (C=O) groups is 1. The van der Waals surface area contributed by atoms with E-state index < -0.39 is 4.92 Å². The van der Waals surface area contributed by atoms with Crippen molar-refractivity contribution in [2.24, 2.45) is 0 Å². The second-order valence-electron chi connectivity index (χ2n) is 5.13. The highest BCUT2D eigenvalue weighted by atomic mass is 35.5. The number of nitro groups is 1. The molecule has 0 saturated carbocycles. The minimum Gasteiger partial charge on any atom is -0.324 e. The Morgan fingerprint density at radius 1 is 1.22 bits per heavy atom. The summed E-state index contributed by atoms with van der Waals surface area (Å²) in [6, 6.07) is 4.54. The number of fused-ring (bicyclic) bond motifs is 3. The molecule has 5 nitrogen and oxygen atoms in total. The highest BCUT2D eigenvalue weighted by molar-refractivity contribution is 6.48. The molecule has 8 heteroatoms. The van der Waals surface area contributed by atoms with Gasteiger partial charge in [0.2, 0.25) is 5.91 Å². The first-order valence-electron chi connectivity index (χ1n) is 6.55. The topological polar surface area (TPSA) is 72.2 Å². The molecule has 118 valence electrons. The fourth-order valence-corrected chi connectivity index (χ4v) is 3.61. The van der Waals surface area contributed by atoms with Crippen molar-refractivity contribution in [3.05, 3.63) is 54.5 Å². The summed E-state index contributed by atoms with van der Waals surface area (Å²) in [7, 11) is 0. The van der Waals surface area contributed by atoms with Crippen LogP contribution in [0.25, 0.3) is 11.1 Å². The van der Waals surface area contributed by atoms with Crippen LogP contribution in [0.5, 0.6) is 0 Å². The van der Waals surface area contributed by atoms with Crippen molar-refractivity contribution in [1.82, 2.24) is 0 Å². The molecule has 0 aliphatic heterocycles. The lowest BCUT2D eigenvalue weighted by molar-refractivity contribution is -0.384. The monoisotopic (exact) mass is 370 g/mol. The molecule has 1 amide bonds. The third kappa shape index (κ3) is 2.55. The first-order valence-corrected chi connectivity index (χ1v) is 7.69. The predicted molar refractivity (Wildman–Crippen MR) is 90.7 cm³/mol. The van der Waals surface area contributed by atoms with Crippen molar-refractivity contribution in [1.29, 1.82) is 0 Å². The van der Waals surface area contributed by atoms with Crippen molar-refractivity contribution in [2.75, 3.05) is 5.32 Å². The van der Waals surface area contributed by atoms with Crippen LogP contribution in [0.4, 0.5) is 11.4 Å². The summed E-state index contributed by atoms with van der Waals surface area (Å²) in [6.07, 6.45) is 0.384. The second kappa shape index (κ2) is 5.67. The number of nitro benzene ring substituents is 1. The van der Waals surface area contributed by atoms with Crippen LogP contribution in [0.15, 0.2) is 18.2 Å². The van der Waals surface area contributed by atoms with E-state index in [1.165, 1.54) is 19.1 Å². The lowest BCUT2D eigenvalue weighted by atomic mass is 10.0. The van der Waals surface area contributed by atoms with Crippen LogP contribution in [0.1, 0.15) is 18.1 Å². The van der Waals surface area contributed by atoms with E-state index in [4.69, 9.17) is 34.8 Å². The summed E-state index contributed by atoms with van der Waals surface area (Å²) >= 11 is 19.0. The Bertz CT molecular complexity index is 881. The number of rotatable bonds is 2. The SMILES string of the molecule is CC(=O)Nc1c(Cl)c(Cl)c2c(c1Cl)Cc1cc([N+](=O)[O-])ccc1-2. The quantitative estimate of drug-likeness (QED) is 0.387. The largest absolute Gasteiger partial charge is 0.324 e. The van der Waals surface area contributed by atoms with Crippen LogP contribution in [0.3, 0.4) is 0 Å². The lowest BCUT2D eigenvalue weighted by Gasteiger charge is -2.14. The van der Waals surface area contributed by atoms with Gasteiger partial charge in [0.1, 0.15) is 0 Å². The zero-order valence-corrected chi connectivity index (χ0v) is 14.0. The van der Waals surface area contributed by atoms with Crippen LogP contribution < -0.4 is 5.32 Å². The second-order valence-corrected chi connectivity index (χ2v) is 6.26. The molecule has 0 spiro atoms. The molecule has 1 N–H and O–H groups in total. The van der Waals surface area contributed by atoms with Gasteiger partial charge in [-0.2, -0.15) is 0 Å². The van der Waals surface area contributed by atoms with E-state index in [9.17, 15) is 14.9 Å². The maximum atomic E-state index is 11.3. The molecule has 0 atom stereocenters. The molecule has 0 radical (unpaired) electrons. The Hall–Kier alpha value is -1.82. The van der Waals surface area contributed by atoms with E-state index >= 15 is 0 Å². The molecular weight excluding hydrogens is 363 g/mol. The fraction of sp³-hybridized carbons (Fsp3) is 0.133. The van der Waals surface area contributed by atoms with Gasteiger partial charge in [0.05, 0.1) is 25.7 Å². The smallest absolute Gasteiger partial charge is 0.269 e. The Morgan fingerprint density at radius 2 is 1.91 bits per heavy atom. The van der Waals surface area contributed by atoms with Gasteiger partial charge in [-0.1, -0.05) is 34.8 Å². The number of carbonyl (C=O) groups excluding carboxylic acids is 1. The lowest BCUT2D eigenvalue weighted by Crippen LogP contribution is -2.08. The number of benzene rings is 2. The number of non-ortho nitro benzene ring substituents is 1. The van der Waals surface area contributed by atoms with E-state index in [-0.39, 0.29) is 27.3 Å². The van der Waals surface area contributed by atoms with Gasteiger partial charge in [-0.05, 0) is 22.8 Å². The Kier molecular flexibility index (Phi) is 3.96. The van der Waals surface area contributed by atoms with Crippen LogP contribution >= 0.6 is 34.8 Å². The average molecular weight is 372 g/mol. The zero-order chi connectivity index (χ0) is 16.9. The molecule has 1 aliphatic carbocycles. The van der Waals surface area contributed by atoms with Crippen molar-refractivity contribution in [3.63, 3.8) is 0 Å². The Morgan fingerprint density at radius 3 is 2.52 bits per heavy atom. The average Bonchev–Trinajstić information content (AvgIpc) is 2.87. The van der Waals surface area contributed by atoms with Crippen molar-refractivity contribution >= 4 is 52.1 Å². The zero-order valence-electron chi connectivity index (χ0n) is 11.7. The minimum absolute atomic E-state index is 0.00279. The van der Waals surface area contributed by atoms with Gasteiger partial charge in [0.15, 0.2) is 0 Å². The van der Waals surface area contributed by atoms with E-state index in [2.05, 4.69) is 5.32 Å². The molecule has 0 saturated heterocycles. The van der Waals surface area contributed by atoms with Gasteiger partial charge in [-0.25, -0.2) is 0 Å². The molecular formula is C15H9Cl3N2O3. The molecule has 0 aromatic heterocycles. The van der Waals surface area contributed by atoms with Gasteiger partial charge in [0.25, 0.3) is 5.69 Å². The number of hydrogen-bond acceptors (Lipinski definition) is 3. The van der Waals surface area contributed by atoms with Crippen molar-refractivity contribution in [2.45, 2.75) is 13.3 Å². The first kappa shape index (κ1) is 16.1. The number of nitrogens with zero attached hydrogens (tertiary/aromatic N) is 1. The van der Waals surface area contributed by atoms with E-state index in [0.717, 1.165) is 11.1 Å². The van der Waals surface area contributed by atoms with Crippen LogP contribution in [-0.4, -0.2) is 10.8 Å². The normalized spacial score (nSPS) is 11.8. The molecule has 0 bridgehead atoms.